The number of anilines is 1. The van der Waals surface area contributed by atoms with Gasteiger partial charge in [0.05, 0.1) is 19.1 Å². The van der Waals surface area contributed by atoms with Gasteiger partial charge in [-0.2, -0.15) is 0 Å². The van der Waals surface area contributed by atoms with Crippen LogP contribution in [0.15, 0.2) is 42.5 Å². The Hall–Kier alpha value is -2.49. The van der Waals surface area contributed by atoms with Crippen LogP contribution in [0.2, 0.25) is 10.0 Å². The molecule has 0 radical (unpaired) electrons. The number of amides is 2. The normalized spacial score (nSPS) is 12.2. The number of benzene rings is 2. The molecule has 0 heterocycles. The molecule has 2 rings (SSSR count). The number of sulfonamides is 1. The maximum Gasteiger partial charge on any atom is 0.244 e. The Bertz CT molecular complexity index is 1140. The van der Waals surface area contributed by atoms with Crippen molar-refractivity contribution in [3.05, 3.63) is 58.1 Å². The minimum atomic E-state index is -3.85. The molecule has 192 valence electrons. The van der Waals surface area contributed by atoms with Crippen molar-refractivity contribution in [3.8, 4) is 5.75 Å². The Morgan fingerprint density at radius 3 is 2.20 bits per heavy atom. The van der Waals surface area contributed by atoms with E-state index in [-0.39, 0.29) is 24.1 Å². The molecule has 1 atom stereocenters. The summed E-state index contributed by atoms with van der Waals surface area (Å²) in [6.45, 7) is 5.30. The van der Waals surface area contributed by atoms with Crippen LogP contribution in [0.25, 0.3) is 0 Å². The lowest BCUT2D eigenvalue weighted by Crippen LogP contribution is -2.51. The summed E-state index contributed by atoms with van der Waals surface area (Å²) in [6.07, 6.45) is 1.01. The third-order valence-electron chi connectivity index (χ3n) is 5.26. The second-order valence-electron chi connectivity index (χ2n) is 8.51. The van der Waals surface area contributed by atoms with Gasteiger partial charge in [0.15, 0.2) is 0 Å². The van der Waals surface area contributed by atoms with Gasteiger partial charge in [-0.3, -0.25) is 13.9 Å². The van der Waals surface area contributed by atoms with E-state index in [1.54, 1.807) is 43.3 Å². The lowest BCUT2D eigenvalue weighted by molar-refractivity contribution is -0.139. The highest BCUT2D eigenvalue weighted by Crippen LogP contribution is 2.28. The van der Waals surface area contributed by atoms with E-state index < -0.39 is 28.5 Å². The molecule has 0 aliphatic carbocycles. The first-order valence-electron chi connectivity index (χ1n) is 11.0. The summed E-state index contributed by atoms with van der Waals surface area (Å²) >= 11 is 12.7. The van der Waals surface area contributed by atoms with Crippen molar-refractivity contribution in [1.82, 2.24) is 10.2 Å². The lowest BCUT2D eigenvalue weighted by atomic mass is 10.1. The first-order valence-corrected chi connectivity index (χ1v) is 13.6. The van der Waals surface area contributed by atoms with Crippen LogP contribution in [0.4, 0.5) is 5.69 Å². The summed E-state index contributed by atoms with van der Waals surface area (Å²) in [5.74, 6) is -0.323. The first-order chi connectivity index (χ1) is 16.3. The SMILES string of the molecule is COc1cccc(N(CC(=O)N(Cc2c(Cl)cccc2Cl)[C@@H](C)C(=O)NCC(C)C)S(C)(=O)=O)c1. The van der Waals surface area contributed by atoms with E-state index in [1.807, 2.05) is 13.8 Å². The van der Waals surface area contributed by atoms with Gasteiger partial charge in [-0.1, -0.05) is 49.2 Å². The molecule has 0 aliphatic rings. The number of nitrogens with zero attached hydrogens (tertiary/aromatic N) is 2. The molecule has 0 unspecified atom stereocenters. The molecule has 0 aliphatic heterocycles. The largest absolute Gasteiger partial charge is 0.497 e. The van der Waals surface area contributed by atoms with Crippen LogP contribution < -0.4 is 14.4 Å². The molecule has 2 aromatic carbocycles. The first kappa shape index (κ1) is 28.7. The molecule has 1 N–H and O–H groups in total. The Balaban J connectivity index is 2.44. The maximum absolute atomic E-state index is 13.6. The third-order valence-corrected chi connectivity index (χ3v) is 7.11. The molecule has 11 heteroatoms. The number of carbonyl (C=O) groups excluding carboxylic acids is 2. The fraction of sp³-hybridized carbons (Fsp3) is 0.417. The molecule has 0 fully saturated rings. The smallest absolute Gasteiger partial charge is 0.244 e. The average molecular weight is 545 g/mol. The van der Waals surface area contributed by atoms with Crippen molar-refractivity contribution < 1.29 is 22.7 Å². The van der Waals surface area contributed by atoms with Crippen molar-refractivity contribution in [1.29, 1.82) is 0 Å². The van der Waals surface area contributed by atoms with Gasteiger partial charge in [-0.15, -0.1) is 0 Å². The van der Waals surface area contributed by atoms with Crippen LogP contribution in [0.5, 0.6) is 5.75 Å². The zero-order valence-electron chi connectivity index (χ0n) is 20.4. The van der Waals surface area contributed by atoms with Crippen molar-refractivity contribution in [2.75, 3.05) is 30.8 Å². The third kappa shape index (κ3) is 8.02. The van der Waals surface area contributed by atoms with E-state index in [2.05, 4.69) is 5.32 Å². The molecule has 0 saturated carbocycles. The summed E-state index contributed by atoms with van der Waals surface area (Å²) < 4.78 is 31.4. The number of rotatable bonds is 11. The number of halogens is 2. The number of nitrogens with one attached hydrogen (secondary N) is 1. The molecular formula is C24H31Cl2N3O5S. The molecular weight excluding hydrogens is 513 g/mol. The van der Waals surface area contributed by atoms with Crippen LogP contribution in [0.1, 0.15) is 26.3 Å². The van der Waals surface area contributed by atoms with Crippen LogP contribution >= 0.6 is 23.2 Å². The average Bonchev–Trinajstić information content (AvgIpc) is 2.79. The Kier molecular flexibility index (Phi) is 10.2. The number of ether oxygens (including phenoxy) is 1. The van der Waals surface area contributed by atoms with Crippen LogP contribution in [0.3, 0.4) is 0 Å². The van der Waals surface area contributed by atoms with Gasteiger partial charge >= 0.3 is 0 Å². The summed E-state index contributed by atoms with van der Waals surface area (Å²) in [6, 6.07) is 10.4. The predicted octanol–water partition coefficient (Wildman–Crippen LogP) is 3.96. The Morgan fingerprint density at radius 2 is 1.66 bits per heavy atom. The van der Waals surface area contributed by atoms with Gasteiger partial charge in [0.1, 0.15) is 18.3 Å². The standard InChI is InChI=1S/C24H31Cl2N3O5S/c1-16(2)13-27-24(31)17(3)28(14-20-21(25)10-7-11-22(20)26)23(30)15-29(35(5,32)33)18-8-6-9-19(12-18)34-4/h6-12,16-17H,13-15H2,1-5H3,(H,27,31)/t17-/m0/s1. The molecule has 0 aromatic heterocycles. The van der Waals surface area contributed by atoms with E-state index in [0.717, 1.165) is 10.6 Å². The Morgan fingerprint density at radius 1 is 1.06 bits per heavy atom. The highest BCUT2D eigenvalue weighted by Gasteiger charge is 2.31. The molecule has 0 bridgehead atoms. The minimum absolute atomic E-state index is 0.0800. The summed E-state index contributed by atoms with van der Waals surface area (Å²) in [4.78, 5) is 27.7. The van der Waals surface area contributed by atoms with E-state index in [4.69, 9.17) is 27.9 Å². The molecule has 0 spiro atoms. The van der Waals surface area contributed by atoms with Gasteiger partial charge in [0.25, 0.3) is 0 Å². The molecule has 0 saturated heterocycles. The van der Waals surface area contributed by atoms with Crippen LogP contribution in [0, 0.1) is 5.92 Å². The zero-order chi connectivity index (χ0) is 26.3. The van der Waals surface area contributed by atoms with E-state index in [9.17, 15) is 18.0 Å². The van der Waals surface area contributed by atoms with Gasteiger partial charge in [0.2, 0.25) is 21.8 Å². The molecule has 8 nitrogen and oxygen atoms in total. The summed E-state index contributed by atoms with van der Waals surface area (Å²) in [5, 5.41) is 3.48. The van der Waals surface area contributed by atoms with Crippen molar-refractivity contribution in [2.24, 2.45) is 5.92 Å². The van der Waals surface area contributed by atoms with Crippen molar-refractivity contribution >= 4 is 50.7 Å². The van der Waals surface area contributed by atoms with Crippen LogP contribution in [-0.4, -0.2) is 57.6 Å². The van der Waals surface area contributed by atoms with E-state index in [0.29, 0.717) is 27.9 Å². The number of methoxy groups -OCH3 is 1. The Labute approximate surface area is 217 Å². The lowest BCUT2D eigenvalue weighted by Gasteiger charge is -2.32. The highest BCUT2D eigenvalue weighted by molar-refractivity contribution is 7.92. The van der Waals surface area contributed by atoms with E-state index >= 15 is 0 Å². The van der Waals surface area contributed by atoms with Gasteiger partial charge in [0, 0.05) is 34.8 Å². The van der Waals surface area contributed by atoms with E-state index in [1.165, 1.54) is 18.1 Å². The summed E-state index contributed by atoms with van der Waals surface area (Å²) in [5.41, 5.74) is 0.716. The van der Waals surface area contributed by atoms with Gasteiger partial charge in [-0.25, -0.2) is 8.42 Å². The molecule has 2 amide bonds. The van der Waals surface area contributed by atoms with Crippen molar-refractivity contribution in [3.63, 3.8) is 0 Å². The fourth-order valence-electron chi connectivity index (χ4n) is 3.27. The predicted molar refractivity (Wildman–Crippen MR) is 140 cm³/mol. The molecule has 2 aromatic rings. The monoisotopic (exact) mass is 543 g/mol. The fourth-order valence-corrected chi connectivity index (χ4v) is 4.63. The number of carbonyl (C=O) groups is 2. The molecule has 35 heavy (non-hydrogen) atoms. The van der Waals surface area contributed by atoms with Gasteiger partial charge < -0.3 is 15.0 Å². The van der Waals surface area contributed by atoms with Gasteiger partial charge in [-0.05, 0) is 37.1 Å². The number of hydrogen-bond acceptors (Lipinski definition) is 5. The topological polar surface area (TPSA) is 96.0 Å². The van der Waals surface area contributed by atoms with Crippen LogP contribution in [-0.2, 0) is 26.2 Å². The quantitative estimate of drug-likeness (QED) is 0.462. The second-order valence-corrected chi connectivity index (χ2v) is 11.2. The summed E-state index contributed by atoms with van der Waals surface area (Å²) in [7, 11) is -2.39. The highest BCUT2D eigenvalue weighted by atomic mass is 35.5. The number of hydrogen-bond donors (Lipinski definition) is 1. The zero-order valence-corrected chi connectivity index (χ0v) is 22.7. The van der Waals surface area contributed by atoms with Crippen molar-refractivity contribution in [2.45, 2.75) is 33.4 Å². The maximum atomic E-state index is 13.6. The second kappa shape index (κ2) is 12.5. The minimum Gasteiger partial charge on any atom is -0.497 e.